The monoisotopic (exact) mass is 290 g/mol. The largest absolute Gasteiger partial charge is 0.480 e. The minimum atomic E-state index is -1.25. The van der Waals surface area contributed by atoms with E-state index in [0.29, 0.717) is 11.2 Å². The van der Waals surface area contributed by atoms with Gasteiger partial charge in [-0.3, -0.25) is 14.5 Å². The van der Waals surface area contributed by atoms with Crippen LogP contribution in [0, 0.1) is 0 Å². The molecule has 0 aromatic heterocycles. The fourth-order valence-corrected chi connectivity index (χ4v) is 1.42. The summed E-state index contributed by atoms with van der Waals surface area (Å²) < 4.78 is 0. The standard InChI is InChI=1S/C14H14N2O5/c17-9-8-16(14(21)15-10-13(19)20)12(18)7-6-11-4-2-1-3-5-11/h1-7,9H,8,10H2,(H,15,21)(H,19,20)/b7-6+. The lowest BCUT2D eigenvalue weighted by Crippen LogP contribution is -2.45. The average Bonchev–Trinajstić information content (AvgIpc) is 2.49. The number of hydrogen-bond acceptors (Lipinski definition) is 4. The van der Waals surface area contributed by atoms with Gasteiger partial charge in [0.05, 0.1) is 6.54 Å². The number of amides is 3. The van der Waals surface area contributed by atoms with Gasteiger partial charge >= 0.3 is 12.0 Å². The van der Waals surface area contributed by atoms with E-state index in [9.17, 15) is 19.2 Å². The molecule has 1 aromatic rings. The van der Waals surface area contributed by atoms with Crippen LogP contribution in [0.15, 0.2) is 36.4 Å². The minimum absolute atomic E-state index is 0.384. The first-order chi connectivity index (χ1) is 10.0. The van der Waals surface area contributed by atoms with Crippen molar-refractivity contribution in [2.24, 2.45) is 0 Å². The molecule has 1 aromatic carbocycles. The van der Waals surface area contributed by atoms with Gasteiger partial charge in [0.25, 0.3) is 5.91 Å². The Balaban J connectivity index is 2.73. The van der Waals surface area contributed by atoms with Crippen molar-refractivity contribution in [3.05, 3.63) is 42.0 Å². The second kappa shape index (κ2) is 8.26. The molecular weight excluding hydrogens is 276 g/mol. The molecule has 0 radical (unpaired) electrons. The maximum absolute atomic E-state index is 11.9. The molecule has 0 bridgehead atoms. The average molecular weight is 290 g/mol. The summed E-state index contributed by atoms with van der Waals surface area (Å²) in [5.41, 5.74) is 0.753. The lowest BCUT2D eigenvalue weighted by molar-refractivity contribution is -0.136. The SMILES string of the molecule is O=CCN(C(=O)/C=C/c1ccccc1)C(=O)NCC(=O)O. The van der Waals surface area contributed by atoms with E-state index in [-0.39, 0.29) is 0 Å². The molecule has 0 saturated heterocycles. The lowest BCUT2D eigenvalue weighted by Gasteiger charge is -2.16. The van der Waals surface area contributed by atoms with Crippen molar-refractivity contribution in [3.63, 3.8) is 0 Å². The van der Waals surface area contributed by atoms with E-state index in [4.69, 9.17) is 5.11 Å². The molecule has 0 aliphatic carbocycles. The van der Waals surface area contributed by atoms with Crippen molar-refractivity contribution < 1.29 is 24.3 Å². The topological polar surface area (TPSA) is 104 Å². The smallest absolute Gasteiger partial charge is 0.325 e. The fraction of sp³-hybridized carbons (Fsp3) is 0.143. The van der Waals surface area contributed by atoms with Gasteiger partial charge in [-0.1, -0.05) is 30.3 Å². The molecule has 0 spiro atoms. The summed E-state index contributed by atoms with van der Waals surface area (Å²) >= 11 is 0. The number of nitrogens with zero attached hydrogens (tertiary/aromatic N) is 1. The predicted octanol–water partition coefficient (Wildman–Crippen LogP) is 0.522. The predicted molar refractivity (Wildman–Crippen MR) is 74.3 cm³/mol. The number of carbonyl (C=O) groups excluding carboxylic acids is 3. The fourth-order valence-electron chi connectivity index (χ4n) is 1.42. The van der Waals surface area contributed by atoms with Crippen LogP contribution in [0.5, 0.6) is 0 Å². The number of rotatable bonds is 6. The maximum atomic E-state index is 11.9. The van der Waals surface area contributed by atoms with Crippen molar-refractivity contribution in [1.82, 2.24) is 10.2 Å². The third kappa shape index (κ3) is 5.68. The number of urea groups is 1. The summed E-state index contributed by atoms with van der Waals surface area (Å²) in [7, 11) is 0. The van der Waals surface area contributed by atoms with Crippen molar-refractivity contribution in [1.29, 1.82) is 0 Å². The highest BCUT2D eigenvalue weighted by Crippen LogP contribution is 2.02. The van der Waals surface area contributed by atoms with E-state index in [1.807, 2.05) is 11.4 Å². The molecule has 0 aliphatic rings. The Kier molecular flexibility index (Phi) is 6.33. The number of imide groups is 1. The Morgan fingerprint density at radius 3 is 2.43 bits per heavy atom. The molecule has 2 N–H and O–H groups in total. The minimum Gasteiger partial charge on any atom is -0.480 e. The zero-order valence-corrected chi connectivity index (χ0v) is 11.1. The number of carbonyl (C=O) groups is 4. The van der Waals surface area contributed by atoms with Crippen LogP contribution in [0.2, 0.25) is 0 Å². The summed E-state index contributed by atoms with van der Waals surface area (Å²) in [6, 6.07) is 7.97. The number of benzene rings is 1. The van der Waals surface area contributed by atoms with Crippen LogP contribution < -0.4 is 5.32 Å². The van der Waals surface area contributed by atoms with Gasteiger partial charge in [-0.15, -0.1) is 0 Å². The number of aliphatic carboxylic acids is 1. The van der Waals surface area contributed by atoms with Gasteiger partial charge in [-0.25, -0.2) is 4.79 Å². The summed E-state index contributed by atoms with van der Waals surface area (Å²) in [5.74, 6) is -1.96. The molecule has 0 unspecified atom stereocenters. The highest BCUT2D eigenvalue weighted by molar-refractivity contribution is 6.03. The van der Waals surface area contributed by atoms with Gasteiger partial charge in [0.1, 0.15) is 12.8 Å². The highest BCUT2D eigenvalue weighted by atomic mass is 16.4. The molecule has 7 heteroatoms. The van der Waals surface area contributed by atoms with Crippen LogP contribution in [-0.2, 0) is 14.4 Å². The molecule has 0 aliphatic heterocycles. The van der Waals surface area contributed by atoms with Crippen molar-refractivity contribution in [2.75, 3.05) is 13.1 Å². The number of carboxylic acid groups (broad SMARTS) is 1. The zero-order valence-electron chi connectivity index (χ0n) is 11.1. The van der Waals surface area contributed by atoms with E-state index < -0.39 is 31.0 Å². The molecule has 3 amide bonds. The maximum Gasteiger partial charge on any atom is 0.325 e. The van der Waals surface area contributed by atoms with Gasteiger partial charge in [-0.2, -0.15) is 0 Å². The number of carboxylic acids is 1. The number of hydrogen-bond donors (Lipinski definition) is 2. The lowest BCUT2D eigenvalue weighted by atomic mass is 10.2. The Hall–Kier alpha value is -2.96. The van der Waals surface area contributed by atoms with Crippen LogP contribution in [0.25, 0.3) is 6.08 Å². The molecule has 1 rings (SSSR count). The number of nitrogens with one attached hydrogen (secondary N) is 1. The van der Waals surface area contributed by atoms with Crippen LogP contribution in [-0.4, -0.2) is 47.3 Å². The third-order valence-electron chi connectivity index (χ3n) is 2.38. The first kappa shape index (κ1) is 16.1. The first-order valence-electron chi connectivity index (χ1n) is 6.02. The van der Waals surface area contributed by atoms with Crippen LogP contribution in [0.1, 0.15) is 5.56 Å². The van der Waals surface area contributed by atoms with Crippen molar-refractivity contribution >= 4 is 30.3 Å². The van der Waals surface area contributed by atoms with Gasteiger partial charge in [0.15, 0.2) is 0 Å². The van der Waals surface area contributed by atoms with Crippen LogP contribution in [0.4, 0.5) is 4.79 Å². The zero-order chi connectivity index (χ0) is 15.7. The highest BCUT2D eigenvalue weighted by Gasteiger charge is 2.19. The Labute approximate surface area is 120 Å². The second-order valence-corrected chi connectivity index (χ2v) is 3.91. The second-order valence-electron chi connectivity index (χ2n) is 3.91. The Morgan fingerprint density at radius 2 is 1.86 bits per heavy atom. The van der Waals surface area contributed by atoms with Crippen LogP contribution in [0.3, 0.4) is 0 Å². The first-order valence-corrected chi connectivity index (χ1v) is 6.02. The molecule has 0 fully saturated rings. The van der Waals surface area contributed by atoms with Crippen molar-refractivity contribution in [3.8, 4) is 0 Å². The Bertz CT molecular complexity index is 554. The molecule has 110 valence electrons. The molecule has 21 heavy (non-hydrogen) atoms. The van der Waals surface area contributed by atoms with E-state index in [2.05, 4.69) is 0 Å². The quantitative estimate of drug-likeness (QED) is 0.587. The molecular formula is C14H14N2O5. The molecule has 0 heterocycles. The third-order valence-corrected chi connectivity index (χ3v) is 2.38. The number of aldehydes is 1. The van der Waals surface area contributed by atoms with E-state index >= 15 is 0 Å². The molecule has 0 atom stereocenters. The van der Waals surface area contributed by atoms with E-state index in [1.165, 1.54) is 6.08 Å². The normalized spacial score (nSPS) is 10.1. The summed E-state index contributed by atoms with van der Waals surface area (Å²) in [6.07, 6.45) is 3.01. The molecule has 7 nitrogen and oxygen atoms in total. The van der Waals surface area contributed by atoms with Crippen molar-refractivity contribution in [2.45, 2.75) is 0 Å². The van der Waals surface area contributed by atoms with Crippen LogP contribution >= 0.6 is 0 Å². The van der Waals surface area contributed by atoms with E-state index in [0.717, 1.165) is 11.6 Å². The van der Waals surface area contributed by atoms with Gasteiger partial charge in [-0.05, 0) is 11.6 Å². The summed E-state index contributed by atoms with van der Waals surface area (Å²) in [6.45, 7) is -1.09. The van der Waals surface area contributed by atoms with E-state index in [1.54, 1.807) is 24.3 Å². The van der Waals surface area contributed by atoms with Gasteiger partial charge in [0.2, 0.25) is 0 Å². The summed E-state index contributed by atoms with van der Waals surface area (Å²) in [5, 5.41) is 10.5. The van der Waals surface area contributed by atoms with Gasteiger partial charge in [0, 0.05) is 6.08 Å². The Morgan fingerprint density at radius 1 is 1.19 bits per heavy atom. The molecule has 0 saturated carbocycles. The van der Waals surface area contributed by atoms with Gasteiger partial charge < -0.3 is 15.2 Å². The summed E-state index contributed by atoms with van der Waals surface area (Å²) in [4.78, 5) is 45.0.